The van der Waals surface area contributed by atoms with E-state index < -0.39 is 0 Å². The Balaban J connectivity index is 1.70. The molecule has 2 N–H and O–H groups in total. The summed E-state index contributed by atoms with van der Waals surface area (Å²) in [4.78, 5) is 0. The van der Waals surface area contributed by atoms with Crippen LogP contribution in [0.5, 0.6) is 0 Å². The first-order chi connectivity index (χ1) is 11.1. The van der Waals surface area contributed by atoms with Crippen LogP contribution in [0.1, 0.15) is 11.1 Å². The Labute approximate surface area is 142 Å². The van der Waals surface area contributed by atoms with Crippen LogP contribution in [0.15, 0.2) is 66.7 Å². The summed E-state index contributed by atoms with van der Waals surface area (Å²) in [6, 6.07) is 22.5. The molecule has 3 aromatic carbocycles. The maximum Gasteiger partial charge on any atom is 0.0643 e. The molecule has 0 heterocycles. The van der Waals surface area contributed by atoms with Gasteiger partial charge in [0.1, 0.15) is 0 Å². The summed E-state index contributed by atoms with van der Waals surface area (Å²) in [5, 5.41) is 7.45. The summed E-state index contributed by atoms with van der Waals surface area (Å²) >= 11 is 6.26. The van der Waals surface area contributed by atoms with Crippen molar-refractivity contribution in [2.24, 2.45) is 0 Å². The van der Waals surface area contributed by atoms with Crippen LogP contribution in [-0.4, -0.2) is 0 Å². The van der Waals surface area contributed by atoms with Crippen molar-refractivity contribution < 1.29 is 0 Å². The third kappa shape index (κ3) is 4.05. The van der Waals surface area contributed by atoms with Crippen molar-refractivity contribution in [3.63, 3.8) is 0 Å². The maximum absolute atomic E-state index is 6.26. The highest BCUT2D eigenvalue weighted by molar-refractivity contribution is 6.33. The highest BCUT2D eigenvalue weighted by Crippen LogP contribution is 2.27. The van der Waals surface area contributed by atoms with E-state index in [9.17, 15) is 0 Å². The molecular formula is C20H19ClN2. The lowest BCUT2D eigenvalue weighted by molar-refractivity contribution is 1.44. The molecule has 116 valence electrons. The third-order valence-corrected chi connectivity index (χ3v) is 3.94. The largest absolute Gasteiger partial charge is 0.356 e. The predicted molar refractivity (Wildman–Crippen MR) is 100 cm³/mol. The molecular weight excluding hydrogens is 304 g/mol. The fraction of sp³-hybridized carbons (Fsp3) is 0.100. The number of hydrogen-bond acceptors (Lipinski definition) is 2. The van der Waals surface area contributed by atoms with Crippen LogP contribution < -0.4 is 10.6 Å². The smallest absolute Gasteiger partial charge is 0.0643 e. The van der Waals surface area contributed by atoms with Gasteiger partial charge in [0, 0.05) is 17.1 Å². The van der Waals surface area contributed by atoms with Gasteiger partial charge in [0.25, 0.3) is 0 Å². The normalized spacial score (nSPS) is 10.4. The van der Waals surface area contributed by atoms with Crippen LogP contribution in [-0.2, 0) is 0 Å². The molecule has 0 bridgehead atoms. The van der Waals surface area contributed by atoms with Gasteiger partial charge in [-0.3, -0.25) is 0 Å². The monoisotopic (exact) mass is 322 g/mol. The molecule has 0 aliphatic heterocycles. The molecule has 0 saturated carbocycles. The van der Waals surface area contributed by atoms with E-state index in [1.807, 2.05) is 49.4 Å². The molecule has 0 radical (unpaired) electrons. The second kappa shape index (κ2) is 6.76. The molecule has 0 fully saturated rings. The standard InChI is InChI=1S/C20H19ClN2/c1-14-3-6-16(7-4-14)22-17-8-10-18(11-9-17)23-20-12-5-15(2)13-19(20)21/h3-13,22-23H,1-2H3. The zero-order valence-electron chi connectivity index (χ0n) is 13.2. The van der Waals surface area contributed by atoms with Crippen LogP contribution in [0.3, 0.4) is 0 Å². The van der Waals surface area contributed by atoms with Gasteiger partial charge in [-0.1, -0.05) is 35.4 Å². The quantitative estimate of drug-likeness (QED) is 0.577. The summed E-state index contributed by atoms with van der Waals surface area (Å²) in [5.74, 6) is 0. The third-order valence-electron chi connectivity index (χ3n) is 3.63. The lowest BCUT2D eigenvalue weighted by Crippen LogP contribution is -1.93. The van der Waals surface area contributed by atoms with E-state index in [1.165, 1.54) is 5.56 Å². The van der Waals surface area contributed by atoms with Gasteiger partial charge in [-0.25, -0.2) is 0 Å². The van der Waals surface area contributed by atoms with Gasteiger partial charge < -0.3 is 10.6 Å². The Morgan fingerprint density at radius 2 is 1.09 bits per heavy atom. The molecule has 0 aliphatic carbocycles. The maximum atomic E-state index is 6.26. The van der Waals surface area contributed by atoms with Crippen LogP contribution in [0, 0.1) is 13.8 Å². The summed E-state index contributed by atoms with van der Waals surface area (Å²) in [6.45, 7) is 4.11. The van der Waals surface area contributed by atoms with E-state index in [1.54, 1.807) is 0 Å². The summed E-state index contributed by atoms with van der Waals surface area (Å²) < 4.78 is 0. The summed E-state index contributed by atoms with van der Waals surface area (Å²) in [5.41, 5.74) is 6.46. The molecule has 3 heteroatoms. The van der Waals surface area contributed by atoms with E-state index in [0.717, 1.165) is 33.3 Å². The minimum absolute atomic E-state index is 0.729. The van der Waals surface area contributed by atoms with E-state index >= 15 is 0 Å². The SMILES string of the molecule is Cc1ccc(Nc2ccc(Nc3ccc(C)cc3Cl)cc2)cc1. The average molecular weight is 323 g/mol. The van der Waals surface area contributed by atoms with E-state index in [-0.39, 0.29) is 0 Å². The highest BCUT2D eigenvalue weighted by atomic mass is 35.5. The van der Waals surface area contributed by atoms with E-state index in [0.29, 0.717) is 0 Å². The second-order valence-corrected chi connectivity index (χ2v) is 6.08. The second-order valence-electron chi connectivity index (χ2n) is 5.68. The van der Waals surface area contributed by atoms with Crippen LogP contribution in [0.4, 0.5) is 22.7 Å². The van der Waals surface area contributed by atoms with Crippen LogP contribution >= 0.6 is 11.6 Å². The Morgan fingerprint density at radius 3 is 1.65 bits per heavy atom. The fourth-order valence-corrected chi connectivity index (χ4v) is 2.60. The Bertz CT molecular complexity index is 793. The van der Waals surface area contributed by atoms with Crippen LogP contribution in [0.25, 0.3) is 0 Å². The first-order valence-electron chi connectivity index (χ1n) is 7.57. The van der Waals surface area contributed by atoms with Crippen molar-refractivity contribution in [3.8, 4) is 0 Å². The van der Waals surface area contributed by atoms with Crippen molar-refractivity contribution in [1.82, 2.24) is 0 Å². The van der Waals surface area contributed by atoms with Gasteiger partial charge in [0.05, 0.1) is 10.7 Å². The topological polar surface area (TPSA) is 24.1 Å². The van der Waals surface area contributed by atoms with Crippen molar-refractivity contribution in [1.29, 1.82) is 0 Å². The van der Waals surface area contributed by atoms with Crippen molar-refractivity contribution >= 4 is 34.4 Å². The molecule has 2 nitrogen and oxygen atoms in total. The van der Waals surface area contributed by atoms with Crippen molar-refractivity contribution in [3.05, 3.63) is 82.9 Å². The van der Waals surface area contributed by atoms with E-state index in [2.05, 4.69) is 41.8 Å². The number of benzene rings is 3. The molecule has 0 saturated heterocycles. The predicted octanol–water partition coefficient (Wildman–Crippen LogP) is 6.44. The van der Waals surface area contributed by atoms with Gasteiger partial charge in [0.15, 0.2) is 0 Å². The Morgan fingerprint density at radius 1 is 0.609 bits per heavy atom. The van der Waals surface area contributed by atoms with Gasteiger partial charge in [-0.2, -0.15) is 0 Å². The number of anilines is 4. The molecule has 0 amide bonds. The van der Waals surface area contributed by atoms with Crippen molar-refractivity contribution in [2.45, 2.75) is 13.8 Å². The summed E-state index contributed by atoms with van der Waals surface area (Å²) in [7, 11) is 0. The molecule has 0 unspecified atom stereocenters. The minimum Gasteiger partial charge on any atom is -0.356 e. The molecule has 0 aliphatic rings. The molecule has 0 spiro atoms. The molecule has 0 aromatic heterocycles. The number of aryl methyl sites for hydroxylation is 2. The number of nitrogens with one attached hydrogen (secondary N) is 2. The molecule has 0 atom stereocenters. The van der Waals surface area contributed by atoms with Gasteiger partial charge in [-0.05, 0) is 67.9 Å². The van der Waals surface area contributed by atoms with Crippen LogP contribution in [0.2, 0.25) is 5.02 Å². The van der Waals surface area contributed by atoms with Gasteiger partial charge in [0.2, 0.25) is 0 Å². The average Bonchev–Trinajstić information content (AvgIpc) is 2.54. The first kappa shape index (κ1) is 15.4. The van der Waals surface area contributed by atoms with Gasteiger partial charge in [-0.15, -0.1) is 0 Å². The lowest BCUT2D eigenvalue weighted by atomic mass is 10.2. The minimum atomic E-state index is 0.729. The number of halogens is 1. The zero-order chi connectivity index (χ0) is 16.2. The summed E-state index contributed by atoms with van der Waals surface area (Å²) in [6.07, 6.45) is 0. The fourth-order valence-electron chi connectivity index (χ4n) is 2.32. The van der Waals surface area contributed by atoms with E-state index in [4.69, 9.17) is 11.6 Å². The number of hydrogen-bond donors (Lipinski definition) is 2. The molecule has 3 rings (SSSR count). The highest BCUT2D eigenvalue weighted by Gasteiger charge is 2.01. The Kier molecular flexibility index (Phi) is 4.54. The lowest BCUT2D eigenvalue weighted by Gasteiger charge is -2.11. The molecule has 3 aromatic rings. The van der Waals surface area contributed by atoms with Crippen molar-refractivity contribution in [2.75, 3.05) is 10.6 Å². The zero-order valence-corrected chi connectivity index (χ0v) is 14.0. The number of rotatable bonds is 4. The molecule has 23 heavy (non-hydrogen) atoms. The van der Waals surface area contributed by atoms with Gasteiger partial charge >= 0.3 is 0 Å². The first-order valence-corrected chi connectivity index (χ1v) is 7.95. The Hall–Kier alpha value is -2.45.